The highest BCUT2D eigenvalue weighted by Crippen LogP contribution is 2.57. The van der Waals surface area contributed by atoms with Crippen molar-refractivity contribution in [2.24, 2.45) is 4.36 Å². The Morgan fingerprint density at radius 2 is 2.04 bits per heavy atom. The Labute approximate surface area is 157 Å². The number of hydrogen-bond acceptors (Lipinski definition) is 7. The molecule has 1 heterocycles. The van der Waals surface area contributed by atoms with E-state index in [1.807, 2.05) is 6.07 Å². The summed E-state index contributed by atoms with van der Waals surface area (Å²) < 4.78 is 64.2. The minimum atomic E-state index is -4.20. The second kappa shape index (κ2) is 6.78. The maximum atomic E-state index is 14.6. The normalized spacial score (nSPS) is 21.7. The molecule has 1 aliphatic carbocycles. The number of rotatable bonds is 3. The van der Waals surface area contributed by atoms with Crippen molar-refractivity contribution < 1.29 is 27.2 Å². The number of aromatic nitrogens is 1. The van der Waals surface area contributed by atoms with Gasteiger partial charge in [0, 0.05) is 29.6 Å². The molecule has 0 radical (unpaired) electrons. The van der Waals surface area contributed by atoms with Crippen molar-refractivity contribution in [3.8, 4) is 23.8 Å². The lowest BCUT2D eigenvalue weighted by atomic mass is 10.1. The van der Waals surface area contributed by atoms with Gasteiger partial charge in [-0.1, -0.05) is 0 Å². The predicted molar refractivity (Wildman–Crippen MR) is 89.6 cm³/mol. The molecule has 144 valence electrons. The molecule has 0 saturated carbocycles. The second-order valence-electron chi connectivity index (χ2n) is 5.95. The van der Waals surface area contributed by atoms with E-state index >= 15 is 0 Å². The molecule has 0 amide bonds. The molecule has 1 aliphatic rings. The third-order valence-corrected chi connectivity index (χ3v) is 5.73. The van der Waals surface area contributed by atoms with Crippen molar-refractivity contribution in [3.63, 3.8) is 0 Å². The number of nitriles is 2. The number of alkyl halides is 3. The zero-order valence-electron chi connectivity index (χ0n) is 14.1. The van der Waals surface area contributed by atoms with Gasteiger partial charge in [0.2, 0.25) is 6.19 Å². The lowest BCUT2D eigenvalue weighted by Crippen LogP contribution is -2.24. The van der Waals surface area contributed by atoms with Crippen LogP contribution >= 0.6 is 0 Å². The molecule has 0 saturated heterocycles. The first-order valence-corrected chi connectivity index (χ1v) is 9.55. The topological polar surface area (TPSA) is 119 Å². The SMILES string of the molecule is CS(=O)(=NC#N)c1ccc(Oc2cncc(C#N)c2)c2c1[C@@H](O)C(F)(F)[C@@H]2F. The van der Waals surface area contributed by atoms with Crippen LogP contribution in [0.5, 0.6) is 11.5 Å². The Morgan fingerprint density at radius 1 is 1.32 bits per heavy atom. The third kappa shape index (κ3) is 3.05. The number of aliphatic hydroxyl groups excluding tert-OH is 1. The van der Waals surface area contributed by atoms with Crippen LogP contribution in [0.15, 0.2) is 39.9 Å². The quantitative estimate of drug-likeness (QED) is 0.778. The van der Waals surface area contributed by atoms with Crippen LogP contribution in [-0.4, -0.2) is 26.5 Å². The molecule has 0 spiro atoms. The minimum absolute atomic E-state index is 0.0233. The number of pyridine rings is 1. The Morgan fingerprint density at radius 3 is 2.68 bits per heavy atom. The van der Waals surface area contributed by atoms with E-state index in [0.29, 0.717) is 0 Å². The summed E-state index contributed by atoms with van der Waals surface area (Å²) in [5.74, 6) is -4.60. The molecule has 0 aliphatic heterocycles. The van der Waals surface area contributed by atoms with Crippen molar-refractivity contribution in [1.82, 2.24) is 4.98 Å². The van der Waals surface area contributed by atoms with Crippen LogP contribution in [0.3, 0.4) is 0 Å². The maximum Gasteiger partial charge on any atom is 0.312 e. The second-order valence-corrected chi connectivity index (χ2v) is 8.17. The summed E-state index contributed by atoms with van der Waals surface area (Å²) in [6.07, 6.45) is -0.777. The molecule has 1 aromatic heterocycles. The van der Waals surface area contributed by atoms with Crippen LogP contribution in [-0.2, 0) is 9.73 Å². The molecule has 1 N–H and O–H groups in total. The van der Waals surface area contributed by atoms with Gasteiger partial charge < -0.3 is 9.84 Å². The van der Waals surface area contributed by atoms with Crippen molar-refractivity contribution in [3.05, 3.63) is 47.3 Å². The van der Waals surface area contributed by atoms with Gasteiger partial charge in [0.15, 0.2) is 6.17 Å². The van der Waals surface area contributed by atoms with Gasteiger partial charge in [-0.05, 0) is 12.1 Å². The molecule has 11 heteroatoms. The molecular formula is C17H11F3N4O3S. The smallest absolute Gasteiger partial charge is 0.312 e. The highest BCUT2D eigenvalue weighted by atomic mass is 32.2. The fourth-order valence-corrected chi connectivity index (χ4v) is 4.08. The number of hydrogen-bond donors (Lipinski definition) is 1. The van der Waals surface area contributed by atoms with E-state index in [4.69, 9.17) is 15.3 Å². The number of benzene rings is 1. The fraction of sp³-hybridized carbons (Fsp3) is 0.235. The Balaban J connectivity index is 2.24. The molecule has 0 fully saturated rings. The van der Waals surface area contributed by atoms with E-state index in [9.17, 15) is 22.5 Å². The van der Waals surface area contributed by atoms with Crippen LogP contribution < -0.4 is 4.74 Å². The van der Waals surface area contributed by atoms with Crippen LogP contribution in [0.1, 0.15) is 29.0 Å². The van der Waals surface area contributed by atoms with E-state index in [2.05, 4.69) is 9.35 Å². The molecule has 28 heavy (non-hydrogen) atoms. The molecule has 7 nitrogen and oxygen atoms in total. The van der Waals surface area contributed by atoms with E-state index in [1.54, 1.807) is 0 Å². The molecule has 2 aromatic rings. The number of nitrogens with zero attached hydrogens (tertiary/aromatic N) is 4. The Hall–Kier alpha value is -3.15. The molecule has 1 aromatic carbocycles. The van der Waals surface area contributed by atoms with Crippen LogP contribution in [0.25, 0.3) is 0 Å². The number of fused-ring (bicyclic) bond motifs is 1. The molecule has 1 unspecified atom stereocenters. The summed E-state index contributed by atoms with van der Waals surface area (Å²) in [5, 5.41) is 27.6. The number of ether oxygens (including phenoxy) is 1. The van der Waals surface area contributed by atoms with E-state index < -0.39 is 39.1 Å². The summed E-state index contributed by atoms with van der Waals surface area (Å²) in [7, 11) is -3.50. The zero-order chi connectivity index (χ0) is 20.7. The number of halogens is 3. The lowest BCUT2D eigenvalue weighted by molar-refractivity contribution is -0.143. The summed E-state index contributed by atoms with van der Waals surface area (Å²) in [6.45, 7) is 0. The monoisotopic (exact) mass is 408 g/mol. The number of aliphatic hydroxyl groups is 1. The van der Waals surface area contributed by atoms with Gasteiger partial charge in [0.25, 0.3) is 0 Å². The Kier molecular flexibility index (Phi) is 4.75. The summed E-state index contributed by atoms with van der Waals surface area (Å²) in [4.78, 5) is 3.37. The van der Waals surface area contributed by atoms with E-state index in [-0.39, 0.29) is 22.0 Å². The van der Waals surface area contributed by atoms with Gasteiger partial charge in [-0.3, -0.25) is 4.98 Å². The average Bonchev–Trinajstić information content (AvgIpc) is 2.83. The average molecular weight is 408 g/mol. The minimum Gasteiger partial charge on any atom is -0.455 e. The molecule has 3 atom stereocenters. The van der Waals surface area contributed by atoms with Crippen molar-refractivity contribution in [1.29, 1.82) is 10.5 Å². The summed E-state index contributed by atoms with van der Waals surface area (Å²) in [6, 6.07) is 5.25. The van der Waals surface area contributed by atoms with Crippen LogP contribution in [0.4, 0.5) is 13.2 Å². The standard InChI is InChI=1S/C17H11F3N4O3S/c1-28(26,24-8-22)12-3-2-11(27-10-4-9(5-21)6-23-7-10)13-14(12)16(25)17(19,20)15(13)18/h2-4,6-7,15-16,25H,1H3/t15-,16-,28?/m1/s1. The van der Waals surface area contributed by atoms with Crippen molar-refractivity contribution >= 4 is 9.73 Å². The molecule has 3 rings (SSSR count). The first kappa shape index (κ1) is 19.6. The van der Waals surface area contributed by atoms with Gasteiger partial charge in [-0.2, -0.15) is 19.3 Å². The van der Waals surface area contributed by atoms with Gasteiger partial charge >= 0.3 is 5.92 Å². The Bertz CT molecular complexity index is 1160. The maximum absolute atomic E-state index is 14.6. The third-order valence-electron chi connectivity index (χ3n) is 4.13. The molecular weight excluding hydrogens is 397 g/mol. The van der Waals surface area contributed by atoms with Gasteiger partial charge in [0.05, 0.1) is 26.4 Å². The summed E-state index contributed by atoms with van der Waals surface area (Å²) >= 11 is 0. The van der Waals surface area contributed by atoms with Gasteiger partial charge in [-0.15, -0.1) is 4.36 Å². The van der Waals surface area contributed by atoms with Crippen molar-refractivity contribution in [2.75, 3.05) is 6.26 Å². The highest BCUT2D eigenvalue weighted by molar-refractivity contribution is 7.93. The molecule has 0 bridgehead atoms. The predicted octanol–water partition coefficient (Wildman–Crippen LogP) is 3.38. The lowest BCUT2D eigenvalue weighted by Gasteiger charge is -2.16. The van der Waals surface area contributed by atoms with Crippen molar-refractivity contribution in [2.45, 2.75) is 23.1 Å². The first-order chi connectivity index (χ1) is 13.1. The zero-order valence-corrected chi connectivity index (χ0v) is 15.0. The highest BCUT2D eigenvalue weighted by Gasteiger charge is 2.58. The first-order valence-electron chi connectivity index (χ1n) is 7.63. The summed E-state index contributed by atoms with van der Waals surface area (Å²) in [5.41, 5.74) is -1.21. The fourth-order valence-electron chi connectivity index (χ4n) is 2.87. The largest absolute Gasteiger partial charge is 0.455 e. The van der Waals surface area contributed by atoms with Gasteiger partial charge in [0.1, 0.15) is 23.7 Å². The van der Waals surface area contributed by atoms with Crippen LogP contribution in [0.2, 0.25) is 0 Å². The van der Waals surface area contributed by atoms with Gasteiger partial charge in [-0.25, -0.2) is 8.60 Å². The van der Waals surface area contributed by atoms with Crippen LogP contribution in [0, 0.1) is 22.8 Å². The van der Waals surface area contributed by atoms with E-state index in [1.165, 1.54) is 24.7 Å². The van der Waals surface area contributed by atoms with E-state index in [0.717, 1.165) is 18.4 Å².